The van der Waals surface area contributed by atoms with Gasteiger partial charge < -0.3 is 15.4 Å². The Bertz CT molecular complexity index is 1030. The van der Waals surface area contributed by atoms with Crippen LogP contribution in [0.3, 0.4) is 0 Å². The Kier molecular flexibility index (Phi) is 6.29. The minimum Gasteiger partial charge on any atom is -0.483 e. The van der Waals surface area contributed by atoms with Crippen LogP contribution in [-0.4, -0.2) is 18.4 Å². The van der Waals surface area contributed by atoms with E-state index in [-0.39, 0.29) is 18.4 Å². The van der Waals surface area contributed by atoms with E-state index in [1.807, 2.05) is 63.2 Å². The Hall–Kier alpha value is -3.60. The molecule has 0 fully saturated rings. The van der Waals surface area contributed by atoms with Crippen molar-refractivity contribution in [3.63, 3.8) is 0 Å². The Morgan fingerprint density at radius 3 is 2.28 bits per heavy atom. The van der Waals surface area contributed by atoms with Crippen molar-refractivity contribution in [2.24, 2.45) is 0 Å². The summed E-state index contributed by atoms with van der Waals surface area (Å²) in [6.45, 7) is 5.77. The number of anilines is 2. The molecule has 0 saturated heterocycles. The Morgan fingerprint density at radius 2 is 1.59 bits per heavy atom. The number of nitrogens with one attached hydrogen (secondary N) is 2. The van der Waals surface area contributed by atoms with Gasteiger partial charge in [-0.15, -0.1) is 0 Å². The SMILES string of the molecule is Cc1ccc(OCC(=O)Nc2ccc(NC(=O)c3ccccc3)c(C)c2)c(C)c1. The highest BCUT2D eigenvalue weighted by Crippen LogP contribution is 2.21. The molecule has 3 rings (SSSR count). The molecule has 148 valence electrons. The van der Waals surface area contributed by atoms with E-state index in [2.05, 4.69) is 10.6 Å². The van der Waals surface area contributed by atoms with Crippen LogP contribution >= 0.6 is 0 Å². The zero-order valence-electron chi connectivity index (χ0n) is 16.8. The highest BCUT2D eigenvalue weighted by molar-refractivity contribution is 6.04. The number of amides is 2. The van der Waals surface area contributed by atoms with Crippen molar-refractivity contribution in [1.82, 2.24) is 0 Å². The molecular weight excluding hydrogens is 364 g/mol. The molecule has 0 aliphatic rings. The minimum absolute atomic E-state index is 0.0740. The molecule has 0 aliphatic carbocycles. The molecule has 2 amide bonds. The first kappa shape index (κ1) is 20.1. The minimum atomic E-state index is -0.245. The summed E-state index contributed by atoms with van der Waals surface area (Å²) in [5.41, 5.74) is 4.93. The largest absolute Gasteiger partial charge is 0.483 e. The first-order valence-corrected chi connectivity index (χ1v) is 9.39. The summed E-state index contributed by atoms with van der Waals surface area (Å²) in [6.07, 6.45) is 0. The fraction of sp³-hybridized carbons (Fsp3) is 0.167. The van der Waals surface area contributed by atoms with Gasteiger partial charge in [-0.2, -0.15) is 0 Å². The average Bonchev–Trinajstić information content (AvgIpc) is 2.70. The van der Waals surface area contributed by atoms with Gasteiger partial charge >= 0.3 is 0 Å². The molecule has 0 atom stereocenters. The predicted octanol–water partition coefficient (Wildman–Crippen LogP) is 4.88. The van der Waals surface area contributed by atoms with Crippen LogP contribution in [0.5, 0.6) is 5.75 Å². The number of carbonyl (C=O) groups excluding carboxylic acids is 2. The monoisotopic (exact) mass is 388 g/mol. The molecule has 29 heavy (non-hydrogen) atoms. The number of ether oxygens (including phenoxy) is 1. The van der Waals surface area contributed by atoms with Crippen molar-refractivity contribution in [3.8, 4) is 5.75 Å². The van der Waals surface area contributed by atoms with Gasteiger partial charge in [0.15, 0.2) is 6.61 Å². The standard InChI is InChI=1S/C24H24N2O3/c1-16-9-12-22(18(3)13-16)29-15-23(27)25-20-10-11-21(17(2)14-20)26-24(28)19-7-5-4-6-8-19/h4-14H,15H2,1-3H3,(H,25,27)(H,26,28). The van der Waals surface area contributed by atoms with E-state index in [9.17, 15) is 9.59 Å². The molecule has 0 radical (unpaired) electrons. The van der Waals surface area contributed by atoms with Gasteiger partial charge in [-0.25, -0.2) is 0 Å². The van der Waals surface area contributed by atoms with E-state index >= 15 is 0 Å². The molecule has 5 nitrogen and oxygen atoms in total. The van der Waals surface area contributed by atoms with Crippen LogP contribution in [0.1, 0.15) is 27.0 Å². The molecule has 0 aromatic heterocycles. The van der Waals surface area contributed by atoms with Crippen LogP contribution in [0, 0.1) is 20.8 Å². The first-order chi connectivity index (χ1) is 13.9. The number of rotatable bonds is 6. The van der Waals surface area contributed by atoms with Gasteiger partial charge in [-0.1, -0.05) is 35.9 Å². The van der Waals surface area contributed by atoms with Crippen LogP contribution in [0.25, 0.3) is 0 Å². The zero-order valence-corrected chi connectivity index (χ0v) is 16.8. The summed E-state index contributed by atoms with van der Waals surface area (Å²) in [5, 5.41) is 5.71. The molecule has 2 N–H and O–H groups in total. The first-order valence-electron chi connectivity index (χ1n) is 9.39. The molecule has 0 saturated carbocycles. The quantitative estimate of drug-likeness (QED) is 0.632. The van der Waals surface area contributed by atoms with Crippen LogP contribution in [-0.2, 0) is 4.79 Å². The highest BCUT2D eigenvalue weighted by Gasteiger charge is 2.10. The second kappa shape index (κ2) is 9.06. The smallest absolute Gasteiger partial charge is 0.262 e. The average molecular weight is 388 g/mol. The number of hydrogen-bond donors (Lipinski definition) is 2. The van der Waals surface area contributed by atoms with Crippen molar-refractivity contribution in [3.05, 3.63) is 89.0 Å². The summed E-state index contributed by atoms with van der Waals surface area (Å²) in [7, 11) is 0. The lowest BCUT2D eigenvalue weighted by molar-refractivity contribution is -0.118. The van der Waals surface area contributed by atoms with Crippen molar-refractivity contribution in [2.75, 3.05) is 17.2 Å². The van der Waals surface area contributed by atoms with E-state index in [0.29, 0.717) is 22.7 Å². The summed E-state index contributed by atoms with van der Waals surface area (Å²) in [5.74, 6) is 0.277. The lowest BCUT2D eigenvalue weighted by Gasteiger charge is -2.12. The second-order valence-electron chi connectivity index (χ2n) is 6.96. The van der Waals surface area contributed by atoms with E-state index in [1.165, 1.54) is 0 Å². The van der Waals surface area contributed by atoms with Crippen LogP contribution in [0.4, 0.5) is 11.4 Å². The molecule has 0 spiro atoms. The third kappa shape index (κ3) is 5.45. The van der Waals surface area contributed by atoms with E-state index in [0.717, 1.165) is 16.7 Å². The van der Waals surface area contributed by atoms with Crippen molar-refractivity contribution >= 4 is 23.2 Å². The molecule has 3 aromatic rings. The topological polar surface area (TPSA) is 67.4 Å². The highest BCUT2D eigenvalue weighted by atomic mass is 16.5. The fourth-order valence-corrected chi connectivity index (χ4v) is 2.97. The maximum atomic E-state index is 12.3. The summed E-state index contributed by atoms with van der Waals surface area (Å²) < 4.78 is 5.61. The molecule has 3 aromatic carbocycles. The number of aryl methyl sites for hydroxylation is 3. The molecule has 5 heteroatoms. The second-order valence-corrected chi connectivity index (χ2v) is 6.96. The van der Waals surface area contributed by atoms with E-state index in [4.69, 9.17) is 4.74 Å². The molecular formula is C24H24N2O3. The van der Waals surface area contributed by atoms with Gasteiger partial charge in [-0.3, -0.25) is 9.59 Å². The van der Waals surface area contributed by atoms with Gasteiger partial charge in [0.05, 0.1) is 0 Å². The summed E-state index contributed by atoms with van der Waals surface area (Å²) >= 11 is 0. The molecule has 0 heterocycles. The normalized spacial score (nSPS) is 10.3. The van der Waals surface area contributed by atoms with Crippen molar-refractivity contribution in [2.45, 2.75) is 20.8 Å². The Labute approximate surface area is 170 Å². The number of hydrogen-bond acceptors (Lipinski definition) is 3. The molecule has 0 aliphatic heterocycles. The third-order valence-corrected chi connectivity index (χ3v) is 4.48. The van der Waals surface area contributed by atoms with Crippen LogP contribution in [0.15, 0.2) is 66.7 Å². The van der Waals surface area contributed by atoms with Gasteiger partial charge in [0, 0.05) is 16.9 Å². The third-order valence-electron chi connectivity index (χ3n) is 4.48. The van der Waals surface area contributed by atoms with Crippen molar-refractivity contribution in [1.29, 1.82) is 0 Å². The number of carbonyl (C=O) groups is 2. The van der Waals surface area contributed by atoms with Gasteiger partial charge in [0.1, 0.15) is 5.75 Å². The summed E-state index contributed by atoms with van der Waals surface area (Å²) in [4.78, 5) is 24.5. The predicted molar refractivity (Wildman–Crippen MR) is 116 cm³/mol. The summed E-state index contributed by atoms with van der Waals surface area (Å²) in [6, 6.07) is 20.2. The van der Waals surface area contributed by atoms with Gasteiger partial charge in [0.25, 0.3) is 11.8 Å². The fourth-order valence-electron chi connectivity index (χ4n) is 2.97. The van der Waals surface area contributed by atoms with E-state index in [1.54, 1.807) is 24.3 Å². The van der Waals surface area contributed by atoms with Crippen molar-refractivity contribution < 1.29 is 14.3 Å². The van der Waals surface area contributed by atoms with Gasteiger partial charge in [-0.05, 0) is 68.3 Å². The lowest BCUT2D eigenvalue weighted by Crippen LogP contribution is -2.20. The maximum absolute atomic E-state index is 12.3. The molecule has 0 bridgehead atoms. The zero-order chi connectivity index (χ0) is 20.8. The van der Waals surface area contributed by atoms with Crippen LogP contribution < -0.4 is 15.4 Å². The van der Waals surface area contributed by atoms with Crippen LogP contribution in [0.2, 0.25) is 0 Å². The Balaban J connectivity index is 1.58. The lowest BCUT2D eigenvalue weighted by atomic mass is 10.1. The molecule has 0 unspecified atom stereocenters. The number of benzene rings is 3. The Morgan fingerprint density at radius 1 is 0.828 bits per heavy atom. The van der Waals surface area contributed by atoms with E-state index < -0.39 is 0 Å². The maximum Gasteiger partial charge on any atom is 0.262 e. The van der Waals surface area contributed by atoms with Gasteiger partial charge in [0.2, 0.25) is 0 Å².